The predicted molar refractivity (Wildman–Crippen MR) is 89.6 cm³/mol. The molecule has 0 aliphatic rings. The summed E-state index contributed by atoms with van der Waals surface area (Å²) < 4.78 is 28.1. The third-order valence-electron chi connectivity index (χ3n) is 3.37. The van der Waals surface area contributed by atoms with E-state index < -0.39 is 9.84 Å². The van der Waals surface area contributed by atoms with Gasteiger partial charge in [-0.3, -0.25) is 4.79 Å². The van der Waals surface area contributed by atoms with Crippen molar-refractivity contribution in [3.05, 3.63) is 53.6 Å². The van der Waals surface area contributed by atoms with Crippen LogP contribution >= 0.6 is 0 Å². The van der Waals surface area contributed by atoms with E-state index in [1.165, 1.54) is 24.3 Å². The normalized spacial score (nSPS) is 11.1. The fraction of sp³-hybridized carbons (Fsp3) is 0.235. The van der Waals surface area contributed by atoms with Gasteiger partial charge in [0.05, 0.1) is 4.90 Å². The van der Waals surface area contributed by atoms with E-state index in [4.69, 9.17) is 4.74 Å². The van der Waals surface area contributed by atoms with E-state index in [-0.39, 0.29) is 17.4 Å². The highest BCUT2D eigenvalue weighted by Gasteiger charge is 2.09. The molecule has 1 amide bonds. The molecule has 6 heteroatoms. The summed E-state index contributed by atoms with van der Waals surface area (Å²) in [4.78, 5) is 12.2. The van der Waals surface area contributed by atoms with E-state index in [9.17, 15) is 13.2 Å². The van der Waals surface area contributed by atoms with Crippen molar-refractivity contribution in [2.75, 3.05) is 18.2 Å². The zero-order chi connectivity index (χ0) is 17.0. The molecule has 1 N–H and O–H groups in total. The van der Waals surface area contributed by atoms with Gasteiger partial charge >= 0.3 is 0 Å². The first-order valence-corrected chi connectivity index (χ1v) is 8.95. The number of carbonyl (C=O) groups is 1. The van der Waals surface area contributed by atoms with Gasteiger partial charge in [-0.2, -0.15) is 0 Å². The van der Waals surface area contributed by atoms with E-state index in [1.807, 2.05) is 32.0 Å². The SMILES string of the molecule is Cc1cccc(C)c1NC(=O)COc1ccc(S(C)(=O)=O)cc1. The maximum atomic E-state index is 12.0. The second kappa shape index (κ2) is 6.83. The summed E-state index contributed by atoms with van der Waals surface area (Å²) in [5, 5.41) is 2.82. The molecule has 2 aromatic rings. The van der Waals surface area contributed by atoms with Crippen molar-refractivity contribution in [2.45, 2.75) is 18.7 Å². The molecule has 0 saturated heterocycles. The zero-order valence-corrected chi connectivity index (χ0v) is 14.1. The Balaban J connectivity index is 1.97. The molecule has 0 aliphatic heterocycles. The highest BCUT2D eigenvalue weighted by atomic mass is 32.2. The summed E-state index contributed by atoms with van der Waals surface area (Å²) in [5.41, 5.74) is 2.75. The minimum absolute atomic E-state index is 0.147. The van der Waals surface area contributed by atoms with Crippen LogP contribution in [-0.4, -0.2) is 27.2 Å². The van der Waals surface area contributed by atoms with Gasteiger partial charge in [0, 0.05) is 11.9 Å². The van der Waals surface area contributed by atoms with Crippen LogP contribution in [-0.2, 0) is 14.6 Å². The van der Waals surface area contributed by atoms with Gasteiger partial charge < -0.3 is 10.1 Å². The molecule has 0 aromatic heterocycles. The molecule has 0 heterocycles. The van der Waals surface area contributed by atoms with Crippen LogP contribution in [0, 0.1) is 13.8 Å². The van der Waals surface area contributed by atoms with Crippen LogP contribution in [0.4, 0.5) is 5.69 Å². The number of carbonyl (C=O) groups excluding carboxylic acids is 1. The number of amides is 1. The van der Waals surface area contributed by atoms with Crippen molar-refractivity contribution in [3.63, 3.8) is 0 Å². The molecule has 5 nitrogen and oxygen atoms in total. The maximum Gasteiger partial charge on any atom is 0.262 e. The number of nitrogens with one attached hydrogen (secondary N) is 1. The van der Waals surface area contributed by atoms with Gasteiger partial charge in [0.2, 0.25) is 0 Å². The average molecular weight is 333 g/mol. The van der Waals surface area contributed by atoms with Crippen LogP contribution < -0.4 is 10.1 Å². The molecule has 2 aromatic carbocycles. The van der Waals surface area contributed by atoms with Crippen LogP contribution in [0.5, 0.6) is 5.75 Å². The fourth-order valence-electron chi connectivity index (χ4n) is 2.12. The summed E-state index contributed by atoms with van der Waals surface area (Å²) in [6.45, 7) is 3.70. The molecule has 0 aliphatic carbocycles. The third-order valence-corrected chi connectivity index (χ3v) is 4.50. The first-order valence-electron chi connectivity index (χ1n) is 7.06. The van der Waals surface area contributed by atoms with E-state index in [0.29, 0.717) is 5.75 Å². The lowest BCUT2D eigenvalue weighted by atomic mass is 10.1. The Bertz CT molecular complexity index is 791. The number of sulfone groups is 1. The molecule has 0 saturated carbocycles. The molecule has 2 rings (SSSR count). The molecular weight excluding hydrogens is 314 g/mol. The zero-order valence-electron chi connectivity index (χ0n) is 13.3. The number of hydrogen-bond acceptors (Lipinski definition) is 4. The predicted octanol–water partition coefficient (Wildman–Crippen LogP) is 2.72. The van der Waals surface area contributed by atoms with Crippen molar-refractivity contribution in [2.24, 2.45) is 0 Å². The van der Waals surface area contributed by atoms with E-state index in [2.05, 4.69) is 5.32 Å². The molecule has 23 heavy (non-hydrogen) atoms. The molecule has 0 bridgehead atoms. The number of aryl methyl sites for hydroxylation is 2. The summed E-state index contributed by atoms with van der Waals surface area (Å²) in [6.07, 6.45) is 1.14. The Hall–Kier alpha value is -2.34. The van der Waals surface area contributed by atoms with Crippen molar-refractivity contribution in [3.8, 4) is 5.75 Å². The lowest BCUT2D eigenvalue weighted by molar-refractivity contribution is -0.118. The highest BCUT2D eigenvalue weighted by Crippen LogP contribution is 2.19. The number of ether oxygens (including phenoxy) is 1. The summed E-state index contributed by atoms with van der Waals surface area (Å²) >= 11 is 0. The number of rotatable bonds is 5. The molecule has 0 spiro atoms. The first-order chi connectivity index (χ1) is 10.8. The monoisotopic (exact) mass is 333 g/mol. The average Bonchev–Trinajstić information content (AvgIpc) is 2.48. The van der Waals surface area contributed by atoms with Crippen LogP contribution in [0.3, 0.4) is 0 Å². The van der Waals surface area contributed by atoms with Crippen LogP contribution in [0.15, 0.2) is 47.4 Å². The van der Waals surface area contributed by atoms with Gasteiger partial charge in [0.15, 0.2) is 16.4 Å². The van der Waals surface area contributed by atoms with Crippen LogP contribution in [0.1, 0.15) is 11.1 Å². The number of hydrogen-bond donors (Lipinski definition) is 1. The topological polar surface area (TPSA) is 72.5 Å². The summed E-state index contributed by atoms with van der Waals surface area (Å²) in [6, 6.07) is 11.7. The quantitative estimate of drug-likeness (QED) is 0.913. The van der Waals surface area contributed by atoms with Crippen molar-refractivity contribution in [1.29, 1.82) is 0 Å². The van der Waals surface area contributed by atoms with Crippen molar-refractivity contribution in [1.82, 2.24) is 0 Å². The molecule has 122 valence electrons. The second-order valence-corrected chi connectivity index (χ2v) is 7.36. The van der Waals surface area contributed by atoms with E-state index in [0.717, 1.165) is 23.1 Å². The van der Waals surface area contributed by atoms with Gasteiger partial charge in [-0.25, -0.2) is 8.42 Å². The minimum Gasteiger partial charge on any atom is -0.484 e. The molecular formula is C17H19NO4S. The lowest BCUT2D eigenvalue weighted by Gasteiger charge is -2.12. The molecule has 0 unspecified atom stereocenters. The largest absolute Gasteiger partial charge is 0.484 e. The molecule has 0 atom stereocenters. The Labute approximate surface area is 136 Å². The van der Waals surface area contributed by atoms with Gasteiger partial charge in [-0.05, 0) is 49.2 Å². The Morgan fingerprint density at radius 3 is 2.13 bits per heavy atom. The number of para-hydroxylation sites is 1. The lowest BCUT2D eigenvalue weighted by Crippen LogP contribution is -2.21. The summed E-state index contributed by atoms with van der Waals surface area (Å²) in [5.74, 6) is 0.170. The maximum absolute atomic E-state index is 12.0. The number of benzene rings is 2. The van der Waals surface area contributed by atoms with Gasteiger partial charge in [-0.15, -0.1) is 0 Å². The van der Waals surface area contributed by atoms with Crippen LogP contribution in [0.2, 0.25) is 0 Å². The number of anilines is 1. The first kappa shape index (κ1) is 17.0. The standard InChI is InChI=1S/C17H19NO4S/c1-12-5-4-6-13(2)17(12)18-16(19)11-22-14-7-9-15(10-8-14)23(3,20)21/h4-10H,11H2,1-3H3,(H,18,19). The Kier molecular flexibility index (Phi) is 5.05. The molecule has 0 fully saturated rings. The van der Waals surface area contributed by atoms with Crippen LogP contribution in [0.25, 0.3) is 0 Å². The van der Waals surface area contributed by atoms with Gasteiger partial charge in [0.25, 0.3) is 5.91 Å². The summed E-state index contributed by atoms with van der Waals surface area (Å²) in [7, 11) is -3.24. The van der Waals surface area contributed by atoms with Gasteiger partial charge in [-0.1, -0.05) is 18.2 Å². The van der Waals surface area contributed by atoms with Crippen molar-refractivity contribution >= 4 is 21.4 Å². The Morgan fingerprint density at radius 1 is 1.04 bits per heavy atom. The van der Waals surface area contributed by atoms with E-state index >= 15 is 0 Å². The van der Waals surface area contributed by atoms with Gasteiger partial charge in [0.1, 0.15) is 5.75 Å². The minimum atomic E-state index is -3.24. The molecule has 0 radical (unpaired) electrons. The fourth-order valence-corrected chi connectivity index (χ4v) is 2.75. The third kappa shape index (κ3) is 4.56. The smallest absolute Gasteiger partial charge is 0.262 e. The van der Waals surface area contributed by atoms with E-state index in [1.54, 1.807) is 0 Å². The highest BCUT2D eigenvalue weighted by molar-refractivity contribution is 7.90. The Morgan fingerprint density at radius 2 is 1.61 bits per heavy atom. The van der Waals surface area contributed by atoms with Crippen molar-refractivity contribution < 1.29 is 17.9 Å². The second-order valence-electron chi connectivity index (χ2n) is 5.35.